The molecule has 0 aliphatic heterocycles. The van der Waals surface area contributed by atoms with Gasteiger partial charge in [0, 0.05) is 5.56 Å². The molecule has 2 atom stereocenters. The Balaban J connectivity index is 2.30. The molecule has 1 fully saturated rings. The fourth-order valence-electron chi connectivity index (χ4n) is 2.45. The van der Waals surface area contributed by atoms with Gasteiger partial charge in [-0.3, -0.25) is 0 Å². The first kappa shape index (κ1) is 11.5. The first-order chi connectivity index (χ1) is 7.61. The van der Waals surface area contributed by atoms with Crippen molar-refractivity contribution in [2.45, 2.75) is 58.1 Å². The van der Waals surface area contributed by atoms with E-state index in [2.05, 4.69) is 5.10 Å². The van der Waals surface area contributed by atoms with E-state index in [9.17, 15) is 5.11 Å². The summed E-state index contributed by atoms with van der Waals surface area (Å²) >= 11 is 0. The Morgan fingerprint density at radius 3 is 2.56 bits per heavy atom. The van der Waals surface area contributed by atoms with Crippen LogP contribution < -0.4 is 5.73 Å². The molecule has 0 bridgehead atoms. The molecule has 3 N–H and O–H groups in total. The maximum absolute atomic E-state index is 10.1. The normalized spacial score (nSPS) is 26.7. The quantitative estimate of drug-likeness (QED) is 0.715. The van der Waals surface area contributed by atoms with Gasteiger partial charge in [-0.25, -0.2) is 4.68 Å². The van der Waals surface area contributed by atoms with E-state index in [1.165, 1.54) is 6.42 Å². The van der Waals surface area contributed by atoms with Gasteiger partial charge in [0.1, 0.15) is 5.82 Å². The average molecular weight is 223 g/mol. The maximum Gasteiger partial charge on any atom is 0.125 e. The summed E-state index contributed by atoms with van der Waals surface area (Å²) in [7, 11) is 0. The molecular formula is C12H21N3O. The van der Waals surface area contributed by atoms with Crippen LogP contribution in [-0.4, -0.2) is 21.0 Å². The zero-order valence-corrected chi connectivity index (χ0v) is 10.1. The van der Waals surface area contributed by atoms with Crippen molar-refractivity contribution in [1.29, 1.82) is 0 Å². The number of nitrogens with two attached hydrogens (primary N) is 1. The van der Waals surface area contributed by atoms with Crippen LogP contribution in [0, 0.1) is 13.8 Å². The summed E-state index contributed by atoms with van der Waals surface area (Å²) in [5.74, 6) is 0.712. The van der Waals surface area contributed by atoms with Crippen molar-refractivity contribution in [2.24, 2.45) is 0 Å². The van der Waals surface area contributed by atoms with Gasteiger partial charge in [-0.2, -0.15) is 5.10 Å². The number of nitrogens with zero attached hydrogens (tertiary/aromatic N) is 2. The summed E-state index contributed by atoms with van der Waals surface area (Å²) in [6.07, 6.45) is 5.00. The van der Waals surface area contributed by atoms with Gasteiger partial charge in [0.05, 0.1) is 17.8 Å². The predicted molar refractivity (Wildman–Crippen MR) is 64.2 cm³/mol. The maximum atomic E-state index is 10.1. The van der Waals surface area contributed by atoms with Crippen LogP contribution in [0.15, 0.2) is 0 Å². The molecule has 0 amide bonds. The number of aryl methyl sites for hydroxylation is 1. The van der Waals surface area contributed by atoms with Gasteiger partial charge in [-0.15, -0.1) is 0 Å². The van der Waals surface area contributed by atoms with E-state index < -0.39 is 0 Å². The number of hydrogen-bond donors (Lipinski definition) is 2. The number of rotatable bonds is 1. The smallest absolute Gasteiger partial charge is 0.125 e. The molecule has 2 rings (SSSR count). The minimum Gasteiger partial charge on any atom is -0.391 e. The summed E-state index contributed by atoms with van der Waals surface area (Å²) in [4.78, 5) is 0. The molecular weight excluding hydrogens is 202 g/mol. The highest BCUT2D eigenvalue weighted by Gasteiger charge is 2.26. The Bertz CT molecular complexity index is 373. The van der Waals surface area contributed by atoms with Crippen molar-refractivity contribution in [2.75, 3.05) is 5.73 Å². The van der Waals surface area contributed by atoms with Crippen molar-refractivity contribution >= 4 is 5.82 Å². The second kappa shape index (κ2) is 4.45. The van der Waals surface area contributed by atoms with Gasteiger partial charge in [0.15, 0.2) is 0 Å². The summed E-state index contributed by atoms with van der Waals surface area (Å²) in [5.41, 5.74) is 8.04. The topological polar surface area (TPSA) is 64.1 Å². The molecule has 1 aliphatic rings. The van der Waals surface area contributed by atoms with E-state index in [4.69, 9.17) is 5.73 Å². The van der Waals surface area contributed by atoms with Crippen LogP contribution in [-0.2, 0) is 0 Å². The van der Waals surface area contributed by atoms with E-state index in [0.29, 0.717) is 5.82 Å². The third-order valence-electron chi connectivity index (χ3n) is 3.69. The van der Waals surface area contributed by atoms with Gasteiger partial charge in [0.2, 0.25) is 0 Å². The second-order valence-electron chi connectivity index (χ2n) is 4.81. The predicted octanol–water partition coefficient (Wildman–Crippen LogP) is 1.95. The molecule has 4 heteroatoms. The lowest BCUT2D eigenvalue weighted by molar-refractivity contribution is 0.100. The van der Waals surface area contributed by atoms with Gasteiger partial charge in [0.25, 0.3) is 0 Å². The van der Waals surface area contributed by atoms with Crippen molar-refractivity contribution in [3.8, 4) is 0 Å². The Morgan fingerprint density at radius 2 is 1.94 bits per heavy atom. The molecule has 0 saturated heterocycles. The van der Waals surface area contributed by atoms with Gasteiger partial charge < -0.3 is 10.8 Å². The first-order valence-electron chi connectivity index (χ1n) is 6.10. The van der Waals surface area contributed by atoms with Crippen LogP contribution in [0.3, 0.4) is 0 Å². The molecule has 16 heavy (non-hydrogen) atoms. The van der Waals surface area contributed by atoms with E-state index in [-0.39, 0.29) is 12.1 Å². The number of anilines is 1. The van der Waals surface area contributed by atoms with Gasteiger partial charge in [-0.05, 0) is 26.7 Å². The van der Waals surface area contributed by atoms with Crippen LogP contribution in [0.25, 0.3) is 0 Å². The Kier molecular flexibility index (Phi) is 3.19. The molecule has 0 spiro atoms. The standard InChI is InChI=1S/C12H21N3O/c1-8-9(2)14-15(12(8)13)10-6-4-3-5-7-11(10)16/h10-11,16H,3-7,13H2,1-2H3. The number of aliphatic hydroxyl groups excluding tert-OH is 1. The number of nitrogen functional groups attached to an aromatic ring is 1. The van der Waals surface area contributed by atoms with Crippen LogP contribution in [0.4, 0.5) is 5.82 Å². The Morgan fingerprint density at radius 1 is 1.25 bits per heavy atom. The van der Waals surface area contributed by atoms with Crippen molar-refractivity contribution in [3.63, 3.8) is 0 Å². The van der Waals surface area contributed by atoms with E-state index in [1.54, 1.807) is 0 Å². The molecule has 0 aromatic carbocycles. The van der Waals surface area contributed by atoms with E-state index in [1.807, 2.05) is 18.5 Å². The number of aliphatic hydroxyl groups is 1. The third-order valence-corrected chi connectivity index (χ3v) is 3.69. The molecule has 1 aliphatic carbocycles. The lowest BCUT2D eigenvalue weighted by Crippen LogP contribution is -2.25. The molecule has 1 saturated carbocycles. The van der Waals surface area contributed by atoms with E-state index in [0.717, 1.165) is 36.9 Å². The molecule has 1 aromatic rings. The van der Waals surface area contributed by atoms with Crippen molar-refractivity contribution in [3.05, 3.63) is 11.3 Å². The number of hydrogen-bond acceptors (Lipinski definition) is 3. The van der Waals surface area contributed by atoms with Crippen LogP contribution in [0.1, 0.15) is 49.4 Å². The summed E-state index contributed by atoms with van der Waals surface area (Å²) in [5, 5.41) is 14.6. The molecule has 1 aromatic heterocycles. The highest BCUT2D eigenvalue weighted by atomic mass is 16.3. The van der Waals surface area contributed by atoms with Crippen LogP contribution >= 0.6 is 0 Å². The van der Waals surface area contributed by atoms with Gasteiger partial charge >= 0.3 is 0 Å². The SMILES string of the molecule is Cc1nn(C2CCCCCC2O)c(N)c1C. The molecule has 4 nitrogen and oxygen atoms in total. The molecule has 0 radical (unpaired) electrons. The lowest BCUT2D eigenvalue weighted by Gasteiger charge is -2.22. The van der Waals surface area contributed by atoms with Crippen molar-refractivity contribution < 1.29 is 5.11 Å². The highest BCUT2D eigenvalue weighted by Crippen LogP contribution is 2.30. The first-order valence-corrected chi connectivity index (χ1v) is 6.10. The van der Waals surface area contributed by atoms with E-state index >= 15 is 0 Å². The highest BCUT2D eigenvalue weighted by molar-refractivity contribution is 5.42. The zero-order chi connectivity index (χ0) is 11.7. The monoisotopic (exact) mass is 223 g/mol. The molecule has 1 heterocycles. The minimum absolute atomic E-state index is 0.0647. The van der Waals surface area contributed by atoms with Crippen LogP contribution in [0.5, 0.6) is 0 Å². The second-order valence-corrected chi connectivity index (χ2v) is 4.81. The Labute approximate surface area is 96.5 Å². The summed E-state index contributed by atoms with van der Waals surface area (Å²) in [6, 6.07) is 0.0647. The molecule has 90 valence electrons. The minimum atomic E-state index is -0.302. The Hall–Kier alpha value is -1.03. The van der Waals surface area contributed by atoms with Crippen molar-refractivity contribution in [1.82, 2.24) is 9.78 Å². The largest absolute Gasteiger partial charge is 0.391 e. The fraction of sp³-hybridized carbons (Fsp3) is 0.750. The lowest BCUT2D eigenvalue weighted by atomic mass is 10.1. The number of aromatic nitrogens is 2. The molecule has 2 unspecified atom stereocenters. The third kappa shape index (κ3) is 1.94. The summed E-state index contributed by atoms with van der Waals surface area (Å²) < 4.78 is 1.83. The summed E-state index contributed by atoms with van der Waals surface area (Å²) in [6.45, 7) is 3.95. The zero-order valence-electron chi connectivity index (χ0n) is 10.1. The fourth-order valence-corrected chi connectivity index (χ4v) is 2.45. The van der Waals surface area contributed by atoms with Gasteiger partial charge in [-0.1, -0.05) is 19.3 Å². The van der Waals surface area contributed by atoms with Crippen LogP contribution in [0.2, 0.25) is 0 Å². The average Bonchev–Trinajstić information content (AvgIpc) is 2.47.